The molecule has 14 nitrogen and oxygen atoms in total. The van der Waals surface area contributed by atoms with Crippen molar-refractivity contribution in [2.45, 2.75) is 142 Å². The van der Waals surface area contributed by atoms with E-state index in [-0.39, 0.29) is 43.3 Å². The average molecular weight is 735 g/mol. The summed E-state index contributed by atoms with van der Waals surface area (Å²) in [5.41, 5.74) is 11.9. The van der Waals surface area contributed by atoms with Crippen LogP contribution in [-0.2, 0) is 28.7 Å². The number of unbranched alkanes of at least 4 members (excludes halogenated alkanes) is 3. The SMILES string of the molecule is CCCCCC[C@H]1OC[C@@H](C)NC(=O)C(CN2CC(CN)C2)NC(=O)[C@H](CN)NC(=O)[C@H](C2CCCCC2)NC(=O)[C@H](CC(C)C)N(C)C(=O)C1C. The summed E-state index contributed by atoms with van der Waals surface area (Å²) in [6, 6.07) is -4.22. The topological polar surface area (TPSA) is 201 Å². The minimum atomic E-state index is -1.13. The molecule has 7 atom stereocenters. The summed E-state index contributed by atoms with van der Waals surface area (Å²) in [6.45, 7) is 12.0. The van der Waals surface area contributed by atoms with Gasteiger partial charge in [-0.1, -0.05) is 72.6 Å². The highest BCUT2D eigenvalue weighted by molar-refractivity contribution is 5.96. The highest BCUT2D eigenvalue weighted by Gasteiger charge is 2.39. The molecule has 1 saturated carbocycles. The fraction of sp³-hybridized carbons (Fsp3) is 0.868. The molecule has 0 spiro atoms. The molecule has 298 valence electrons. The Morgan fingerprint density at radius 1 is 0.808 bits per heavy atom. The second-order valence-corrected chi connectivity index (χ2v) is 16.1. The Balaban J connectivity index is 1.99. The summed E-state index contributed by atoms with van der Waals surface area (Å²) in [6.07, 6.45) is 9.05. The third-order valence-electron chi connectivity index (χ3n) is 11.1. The van der Waals surface area contributed by atoms with Gasteiger partial charge in [0.25, 0.3) is 0 Å². The van der Waals surface area contributed by atoms with Crippen LogP contribution in [0.5, 0.6) is 0 Å². The normalized spacial score (nSPS) is 30.4. The van der Waals surface area contributed by atoms with Crippen molar-refractivity contribution in [1.29, 1.82) is 0 Å². The van der Waals surface area contributed by atoms with Crippen LogP contribution >= 0.6 is 0 Å². The van der Waals surface area contributed by atoms with Gasteiger partial charge in [0.15, 0.2) is 0 Å². The molecule has 2 heterocycles. The molecule has 0 aromatic rings. The van der Waals surface area contributed by atoms with Crippen LogP contribution in [-0.4, -0.2) is 122 Å². The van der Waals surface area contributed by atoms with Gasteiger partial charge in [0.2, 0.25) is 29.5 Å². The highest BCUT2D eigenvalue weighted by atomic mass is 16.5. The molecule has 0 bridgehead atoms. The van der Waals surface area contributed by atoms with Gasteiger partial charge in [0.05, 0.1) is 18.6 Å². The summed E-state index contributed by atoms with van der Waals surface area (Å²) in [4.78, 5) is 73.5. The predicted octanol–water partition coefficient (Wildman–Crippen LogP) is 1.25. The molecule has 0 radical (unpaired) electrons. The number of hydrogen-bond donors (Lipinski definition) is 6. The first-order chi connectivity index (χ1) is 24.8. The Labute approximate surface area is 312 Å². The smallest absolute Gasteiger partial charge is 0.244 e. The number of likely N-dealkylation sites (tertiary alicyclic amines) is 1. The summed E-state index contributed by atoms with van der Waals surface area (Å²) < 4.78 is 6.42. The first kappa shape index (κ1) is 43.6. The van der Waals surface area contributed by atoms with Gasteiger partial charge in [-0.3, -0.25) is 24.0 Å². The standard InChI is InChI=1S/C38H70N8O6/c1-7-8-9-13-16-32-26(5)38(51)45(6)31(17-24(2)3)36(49)44-33(28-14-11-10-12-15-28)37(50)42-29(19-40)34(47)43-30(22-46-20-27(18-39)21-46)35(48)41-25(4)23-52-32/h24-33H,7-23,39-40H2,1-6H3,(H,41,48)(H,42,50)(H,43,47)(H,44,49)/t25-,26?,29+,30?,31+,32-,33+/m1/s1. The van der Waals surface area contributed by atoms with E-state index in [2.05, 4.69) is 33.1 Å². The molecule has 3 fully saturated rings. The minimum absolute atomic E-state index is 0.0890. The van der Waals surface area contributed by atoms with E-state index in [9.17, 15) is 24.0 Å². The number of amides is 5. The lowest BCUT2D eigenvalue weighted by Crippen LogP contribution is -2.63. The molecule has 14 heteroatoms. The Bertz CT molecular complexity index is 1160. The highest BCUT2D eigenvalue weighted by Crippen LogP contribution is 2.28. The van der Waals surface area contributed by atoms with Gasteiger partial charge in [-0.05, 0) is 56.9 Å². The maximum atomic E-state index is 14.2. The number of hydrogen-bond acceptors (Lipinski definition) is 9. The Morgan fingerprint density at radius 3 is 2.08 bits per heavy atom. The molecule has 2 saturated heterocycles. The van der Waals surface area contributed by atoms with Crippen molar-refractivity contribution < 1.29 is 28.7 Å². The van der Waals surface area contributed by atoms with E-state index >= 15 is 0 Å². The second-order valence-electron chi connectivity index (χ2n) is 16.1. The van der Waals surface area contributed by atoms with Gasteiger partial charge in [-0.2, -0.15) is 0 Å². The number of nitrogens with two attached hydrogens (primary N) is 2. The minimum Gasteiger partial charge on any atom is -0.375 e. The van der Waals surface area contributed by atoms with Crippen LogP contribution in [0, 0.1) is 23.7 Å². The Kier molecular flexibility index (Phi) is 18.3. The lowest BCUT2D eigenvalue weighted by atomic mass is 9.83. The number of ether oxygens (including phenoxy) is 1. The molecular weight excluding hydrogens is 664 g/mol. The molecule has 0 aromatic heterocycles. The van der Waals surface area contributed by atoms with Crippen molar-refractivity contribution in [2.24, 2.45) is 35.1 Å². The fourth-order valence-electron chi connectivity index (χ4n) is 7.73. The van der Waals surface area contributed by atoms with Crippen molar-refractivity contribution >= 4 is 29.5 Å². The maximum Gasteiger partial charge on any atom is 0.244 e. The summed E-state index contributed by atoms with van der Waals surface area (Å²) >= 11 is 0. The molecule has 2 aliphatic heterocycles. The lowest BCUT2D eigenvalue weighted by molar-refractivity contribution is -0.147. The van der Waals surface area contributed by atoms with Crippen molar-refractivity contribution in [3.63, 3.8) is 0 Å². The average Bonchev–Trinajstić information content (AvgIpc) is 3.10. The maximum absolute atomic E-state index is 14.2. The molecule has 1 aliphatic carbocycles. The number of likely N-dealkylation sites (N-methyl/N-ethyl adjacent to an activating group) is 1. The molecule has 3 rings (SSSR count). The van der Waals surface area contributed by atoms with E-state index in [0.29, 0.717) is 38.4 Å². The van der Waals surface area contributed by atoms with E-state index in [1.807, 2.05) is 27.7 Å². The van der Waals surface area contributed by atoms with Gasteiger partial charge >= 0.3 is 0 Å². The van der Waals surface area contributed by atoms with E-state index in [1.54, 1.807) is 7.05 Å². The first-order valence-corrected chi connectivity index (χ1v) is 20.0. The van der Waals surface area contributed by atoms with Gasteiger partial charge in [-0.25, -0.2) is 0 Å². The quantitative estimate of drug-likeness (QED) is 0.160. The van der Waals surface area contributed by atoms with Crippen LogP contribution in [0.15, 0.2) is 0 Å². The van der Waals surface area contributed by atoms with E-state index in [1.165, 1.54) is 4.90 Å². The molecule has 8 N–H and O–H groups in total. The molecule has 2 unspecified atom stereocenters. The van der Waals surface area contributed by atoms with Crippen LogP contribution in [0.3, 0.4) is 0 Å². The van der Waals surface area contributed by atoms with Crippen molar-refractivity contribution in [3.05, 3.63) is 0 Å². The number of nitrogens with zero attached hydrogens (tertiary/aromatic N) is 2. The van der Waals surface area contributed by atoms with Crippen LogP contribution in [0.25, 0.3) is 0 Å². The summed E-state index contributed by atoms with van der Waals surface area (Å²) in [7, 11) is 1.66. The van der Waals surface area contributed by atoms with Crippen LogP contribution in [0.1, 0.15) is 105 Å². The molecule has 0 aromatic carbocycles. The third kappa shape index (κ3) is 12.9. The molecule has 5 amide bonds. The third-order valence-corrected chi connectivity index (χ3v) is 11.1. The van der Waals surface area contributed by atoms with Crippen LogP contribution in [0.2, 0.25) is 0 Å². The zero-order chi connectivity index (χ0) is 38.4. The van der Waals surface area contributed by atoms with E-state index < -0.39 is 60.0 Å². The number of carbonyl (C=O) groups is 5. The Hall–Kier alpha value is -2.81. The predicted molar refractivity (Wildman–Crippen MR) is 202 cm³/mol. The molecule has 3 aliphatic rings. The van der Waals surface area contributed by atoms with Crippen LogP contribution in [0.4, 0.5) is 0 Å². The summed E-state index contributed by atoms with van der Waals surface area (Å²) in [5, 5.41) is 11.7. The van der Waals surface area contributed by atoms with Crippen LogP contribution < -0.4 is 32.7 Å². The van der Waals surface area contributed by atoms with E-state index in [0.717, 1.165) is 57.8 Å². The van der Waals surface area contributed by atoms with E-state index in [4.69, 9.17) is 16.2 Å². The lowest BCUT2D eigenvalue weighted by Gasteiger charge is -2.40. The number of carbonyl (C=O) groups excluding carboxylic acids is 5. The number of nitrogens with one attached hydrogen (secondary N) is 4. The second kappa shape index (κ2) is 21.8. The number of rotatable bonds is 12. The van der Waals surface area contributed by atoms with Gasteiger partial charge in [0.1, 0.15) is 24.2 Å². The van der Waals surface area contributed by atoms with Crippen molar-refractivity contribution in [3.8, 4) is 0 Å². The molecular formula is C38H70N8O6. The first-order valence-electron chi connectivity index (χ1n) is 20.0. The zero-order valence-corrected chi connectivity index (χ0v) is 32.8. The van der Waals surface area contributed by atoms with Gasteiger partial charge in [-0.15, -0.1) is 0 Å². The fourth-order valence-corrected chi connectivity index (χ4v) is 7.73. The molecule has 52 heavy (non-hydrogen) atoms. The van der Waals surface area contributed by atoms with Crippen molar-refractivity contribution in [1.82, 2.24) is 31.1 Å². The zero-order valence-electron chi connectivity index (χ0n) is 32.8. The largest absolute Gasteiger partial charge is 0.375 e. The summed E-state index contributed by atoms with van der Waals surface area (Å²) in [5.74, 6) is -2.35. The van der Waals surface area contributed by atoms with Gasteiger partial charge in [0, 0.05) is 39.3 Å². The monoisotopic (exact) mass is 735 g/mol. The Morgan fingerprint density at radius 2 is 1.46 bits per heavy atom. The van der Waals surface area contributed by atoms with Gasteiger partial charge < -0.3 is 47.3 Å². The van der Waals surface area contributed by atoms with Crippen molar-refractivity contribution in [2.75, 3.05) is 46.4 Å².